The topological polar surface area (TPSA) is 47.6 Å². The second-order valence-electron chi connectivity index (χ2n) is 8.67. The molecule has 0 unspecified atom stereocenters. The summed E-state index contributed by atoms with van der Waals surface area (Å²) in [5.74, 6) is -10.1. The summed E-state index contributed by atoms with van der Waals surface area (Å²) >= 11 is 5.25. The van der Waals surface area contributed by atoms with E-state index in [1.165, 1.54) is 0 Å². The molecule has 4 rings (SSSR count). The van der Waals surface area contributed by atoms with Gasteiger partial charge in [-0.15, -0.1) is 0 Å². The molecule has 1 amide bonds. The van der Waals surface area contributed by atoms with Crippen LogP contribution in [-0.4, -0.2) is 37.2 Å². The normalized spacial score (nSPS) is 13.5. The number of carbonyl (C=O) groups is 1. The summed E-state index contributed by atoms with van der Waals surface area (Å²) in [6, 6.07) is 12.6. The van der Waals surface area contributed by atoms with Crippen LogP contribution in [0.15, 0.2) is 42.5 Å². The summed E-state index contributed by atoms with van der Waals surface area (Å²) in [5, 5.41) is 5.73. The van der Waals surface area contributed by atoms with Gasteiger partial charge in [-0.05, 0) is 62.0 Å². The van der Waals surface area contributed by atoms with E-state index in [4.69, 9.17) is 12.2 Å². The first-order valence-corrected chi connectivity index (χ1v) is 11.8. The molecule has 37 heavy (non-hydrogen) atoms. The van der Waals surface area contributed by atoms with E-state index in [9.17, 15) is 26.7 Å². The minimum absolute atomic E-state index is 0.0624. The van der Waals surface area contributed by atoms with Crippen molar-refractivity contribution in [1.82, 2.24) is 5.32 Å². The maximum Gasteiger partial charge on any atom is 0.257 e. The highest BCUT2D eigenvalue weighted by Gasteiger charge is 2.30. The lowest BCUT2D eigenvalue weighted by molar-refractivity contribution is 0.0977. The van der Waals surface area contributed by atoms with Crippen LogP contribution in [0.1, 0.15) is 21.5 Å². The predicted octanol–water partition coefficient (Wildman–Crippen LogP) is 5.45. The number of aryl methyl sites for hydroxylation is 2. The Morgan fingerprint density at radius 3 is 1.89 bits per heavy atom. The molecule has 0 aromatic heterocycles. The van der Waals surface area contributed by atoms with Gasteiger partial charge >= 0.3 is 0 Å². The van der Waals surface area contributed by atoms with Crippen LogP contribution in [-0.2, 0) is 0 Å². The number of rotatable bonds is 4. The summed E-state index contributed by atoms with van der Waals surface area (Å²) in [6.07, 6.45) is 0. The predicted molar refractivity (Wildman–Crippen MR) is 137 cm³/mol. The SMILES string of the molecule is Cc1ccc(C(=O)NC(=S)Nc2ccc(N3CCN(c4c(F)c(F)c(F)c(F)c4F)CC3)cc2)c(C)c1. The minimum Gasteiger partial charge on any atom is -0.368 e. The summed E-state index contributed by atoms with van der Waals surface area (Å²) in [5.41, 5.74) is 2.93. The van der Waals surface area contributed by atoms with Gasteiger partial charge in [-0.1, -0.05) is 17.7 Å². The standard InChI is InChI=1S/C26H23F5N4OS/c1-14-3-8-18(15(2)13-14)25(36)33-26(37)32-16-4-6-17(7-5-16)34-9-11-35(12-10-34)24-22(30)20(28)19(27)21(29)23(24)31/h3-8,13H,9-12H2,1-2H3,(H2,32,33,36,37). The fourth-order valence-electron chi connectivity index (χ4n) is 4.22. The van der Waals surface area contributed by atoms with E-state index in [2.05, 4.69) is 10.6 Å². The van der Waals surface area contributed by atoms with E-state index < -0.39 is 34.8 Å². The molecule has 2 N–H and O–H groups in total. The third-order valence-corrected chi connectivity index (χ3v) is 6.33. The van der Waals surface area contributed by atoms with Crippen molar-refractivity contribution in [2.45, 2.75) is 13.8 Å². The second kappa shape index (κ2) is 10.7. The zero-order valence-electron chi connectivity index (χ0n) is 20.0. The van der Waals surface area contributed by atoms with Gasteiger partial charge in [0.2, 0.25) is 5.82 Å². The lowest BCUT2D eigenvalue weighted by Crippen LogP contribution is -2.47. The van der Waals surface area contributed by atoms with Crippen molar-refractivity contribution in [1.29, 1.82) is 0 Å². The van der Waals surface area contributed by atoms with Crippen molar-refractivity contribution < 1.29 is 26.7 Å². The van der Waals surface area contributed by atoms with Crippen molar-refractivity contribution in [3.05, 3.63) is 88.2 Å². The summed E-state index contributed by atoms with van der Waals surface area (Å²) in [4.78, 5) is 15.6. The van der Waals surface area contributed by atoms with Crippen molar-refractivity contribution in [3.8, 4) is 0 Å². The molecule has 0 atom stereocenters. The molecule has 3 aromatic carbocycles. The molecule has 1 aliphatic rings. The monoisotopic (exact) mass is 534 g/mol. The Labute approximate surface area is 215 Å². The van der Waals surface area contributed by atoms with E-state index in [0.29, 0.717) is 24.3 Å². The summed E-state index contributed by atoms with van der Waals surface area (Å²) in [6.45, 7) is 4.52. The number of anilines is 3. The molecule has 1 fully saturated rings. The molecule has 3 aromatic rings. The maximum atomic E-state index is 14.1. The van der Waals surface area contributed by atoms with Gasteiger partial charge in [-0.2, -0.15) is 0 Å². The first kappa shape index (κ1) is 26.3. The van der Waals surface area contributed by atoms with Crippen molar-refractivity contribution in [3.63, 3.8) is 0 Å². The molecule has 0 spiro atoms. The van der Waals surface area contributed by atoms with Crippen molar-refractivity contribution in [2.75, 3.05) is 41.3 Å². The Morgan fingerprint density at radius 2 is 1.32 bits per heavy atom. The van der Waals surface area contributed by atoms with E-state index in [1.54, 1.807) is 30.3 Å². The second-order valence-corrected chi connectivity index (χ2v) is 9.07. The smallest absolute Gasteiger partial charge is 0.257 e. The molecule has 0 radical (unpaired) electrons. The fraction of sp³-hybridized carbons (Fsp3) is 0.231. The number of nitrogens with zero attached hydrogens (tertiary/aromatic N) is 2. The molecule has 0 saturated carbocycles. The Kier molecular flexibility index (Phi) is 7.63. The van der Waals surface area contributed by atoms with Crippen LogP contribution in [0, 0.1) is 42.9 Å². The summed E-state index contributed by atoms with van der Waals surface area (Å²) < 4.78 is 68.8. The number of thiocarbonyl (C=S) groups is 1. The third kappa shape index (κ3) is 5.51. The first-order chi connectivity index (χ1) is 17.6. The molecular weight excluding hydrogens is 511 g/mol. The number of nitrogens with one attached hydrogen (secondary N) is 2. The number of carbonyl (C=O) groups excluding carboxylic acids is 1. The average Bonchev–Trinajstić information content (AvgIpc) is 2.87. The highest BCUT2D eigenvalue weighted by molar-refractivity contribution is 7.80. The lowest BCUT2D eigenvalue weighted by Gasteiger charge is -2.37. The fourth-order valence-corrected chi connectivity index (χ4v) is 4.43. The Balaban J connectivity index is 1.35. The van der Waals surface area contributed by atoms with Gasteiger partial charge in [0.25, 0.3) is 5.91 Å². The summed E-state index contributed by atoms with van der Waals surface area (Å²) in [7, 11) is 0. The van der Waals surface area contributed by atoms with E-state index in [0.717, 1.165) is 21.7 Å². The average molecular weight is 535 g/mol. The van der Waals surface area contributed by atoms with Gasteiger partial charge in [0.15, 0.2) is 28.4 Å². The van der Waals surface area contributed by atoms with Gasteiger partial charge in [0, 0.05) is 43.1 Å². The number of halogens is 5. The number of amides is 1. The van der Waals surface area contributed by atoms with Crippen LogP contribution in [0.3, 0.4) is 0 Å². The van der Waals surface area contributed by atoms with Crippen LogP contribution < -0.4 is 20.4 Å². The van der Waals surface area contributed by atoms with Gasteiger partial charge in [-0.25, -0.2) is 22.0 Å². The Hall–Kier alpha value is -3.73. The van der Waals surface area contributed by atoms with Gasteiger partial charge < -0.3 is 15.1 Å². The van der Waals surface area contributed by atoms with Crippen LogP contribution in [0.2, 0.25) is 0 Å². The number of hydrogen-bond donors (Lipinski definition) is 2. The molecule has 1 saturated heterocycles. The lowest BCUT2D eigenvalue weighted by atomic mass is 10.1. The number of benzene rings is 3. The van der Waals surface area contributed by atoms with Gasteiger partial charge in [-0.3, -0.25) is 10.1 Å². The molecular formula is C26H23F5N4OS. The van der Waals surface area contributed by atoms with E-state index in [1.807, 2.05) is 30.9 Å². The van der Waals surface area contributed by atoms with E-state index >= 15 is 0 Å². The number of hydrogen-bond acceptors (Lipinski definition) is 4. The molecule has 1 heterocycles. The molecule has 0 aliphatic carbocycles. The molecule has 194 valence electrons. The highest BCUT2D eigenvalue weighted by Crippen LogP contribution is 2.31. The number of piperazine rings is 1. The quantitative estimate of drug-likeness (QED) is 0.202. The van der Waals surface area contributed by atoms with Crippen LogP contribution in [0.25, 0.3) is 0 Å². The van der Waals surface area contributed by atoms with Gasteiger partial charge in [0.1, 0.15) is 5.69 Å². The van der Waals surface area contributed by atoms with E-state index in [-0.39, 0.29) is 24.1 Å². The van der Waals surface area contributed by atoms with Crippen molar-refractivity contribution >= 4 is 40.3 Å². The molecule has 0 bridgehead atoms. The minimum atomic E-state index is -2.17. The van der Waals surface area contributed by atoms with Crippen LogP contribution in [0.5, 0.6) is 0 Å². The first-order valence-electron chi connectivity index (χ1n) is 11.4. The zero-order valence-corrected chi connectivity index (χ0v) is 20.8. The van der Waals surface area contributed by atoms with Crippen LogP contribution >= 0.6 is 12.2 Å². The highest BCUT2D eigenvalue weighted by atomic mass is 32.1. The zero-order chi connectivity index (χ0) is 26.9. The van der Waals surface area contributed by atoms with Crippen molar-refractivity contribution in [2.24, 2.45) is 0 Å². The maximum absolute atomic E-state index is 14.1. The molecule has 1 aliphatic heterocycles. The third-order valence-electron chi connectivity index (χ3n) is 6.13. The van der Waals surface area contributed by atoms with Gasteiger partial charge in [0.05, 0.1) is 0 Å². The molecule has 11 heteroatoms. The largest absolute Gasteiger partial charge is 0.368 e. The molecule has 5 nitrogen and oxygen atoms in total. The Bertz CT molecular complexity index is 1330. The van der Waals surface area contributed by atoms with Crippen LogP contribution in [0.4, 0.5) is 39.0 Å². The Morgan fingerprint density at radius 1 is 0.784 bits per heavy atom.